The Balaban J connectivity index is 2.09. The van der Waals surface area contributed by atoms with Gasteiger partial charge in [0.2, 0.25) is 0 Å². The Hall–Kier alpha value is -1.11. The predicted molar refractivity (Wildman–Crippen MR) is 109 cm³/mol. The molecule has 25 heavy (non-hydrogen) atoms. The predicted octanol–water partition coefficient (Wildman–Crippen LogP) is 7.07. The van der Waals surface area contributed by atoms with Gasteiger partial charge in [0.25, 0.3) is 0 Å². The number of carbonyl (C=O) groups is 1. The Morgan fingerprint density at radius 1 is 0.920 bits per heavy atom. The van der Waals surface area contributed by atoms with Crippen molar-refractivity contribution in [1.29, 1.82) is 0 Å². The van der Waals surface area contributed by atoms with Gasteiger partial charge < -0.3 is 4.79 Å². The molecule has 2 rings (SSSR count). The number of rotatable bonds is 9. The summed E-state index contributed by atoms with van der Waals surface area (Å²) in [5, 5.41) is 0. The zero-order valence-corrected chi connectivity index (χ0v) is 17.2. The Bertz CT molecular complexity index is 567. The smallest absolute Gasteiger partial charge is 0.127 e. The molecule has 1 aliphatic rings. The van der Waals surface area contributed by atoms with Crippen LogP contribution < -0.4 is 0 Å². The molecule has 140 valence electrons. The third-order valence-electron chi connectivity index (χ3n) is 6.34. The number of fused-ring (bicyclic) bond motifs is 1. The summed E-state index contributed by atoms with van der Waals surface area (Å²) in [7, 11) is 0. The van der Waals surface area contributed by atoms with E-state index < -0.39 is 0 Å². The minimum Gasteiger partial charge on any atom is -0.303 e. The van der Waals surface area contributed by atoms with Crippen LogP contribution in [-0.2, 0) is 15.6 Å². The van der Waals surface area contributed by atoms with E-state index in [0.717, 1.165) is 6.42 Å². The third kappa shape index (κ3) is 4.96. The molecule has 0 amide bonds. The summed E-state index contributed by atoms with van der Waals surface area (Å²) < 4.78 is 0. The highest BCUT2D eigenvalue weighted by atomic mass is 16.1. The second-order valence-electron chi connectivity index (χ2n) is 9.37. The largest absolute Gasteiger partial charge is 0.303 e. The van der Waals surface area contributed by atoms with Gasteiger partial charge in [0.1, 0.15) is 6.29 Å². The van der Waals surface area contributed by atoms with Crippen LogP contribution in [-0.4, -0.2) is 6.29 Å². The average Bonchev–Trinajstić information content (AvgIpc) is 2.58. The van der Waals surface area contributed by atoms with Gasteiger partial charge in [-0.3, -0.25) is 0 Å². The molecule has 0 aliphatic heterocycles. The molecule has 0 heterocycles. The monoisotopic (exact) mass is 342 g/mol. The fraction of sp³-hybridized carbons (Fsp3) is 0.708. The van der Waals surface area contributed by atoms with Gasteiger partial charge in [-0.2, -0.15) is 0 Å². The van der Waals surface area contributed by atoms with Crippen LogP contribution >= 0.6 is 0 Å². The maximum Gasteiger partial charge on any atom is 0.127 e. The lowest BCUT2D eigenvalue weighted by Crippen LogP contribution is -2.34. The number of carbonyl (C=O) groups excluding carboxylic acids is 1. The van der Waals surface area contributed by atoms with E-state index in [4.69, 9.17) is 0 Å². The molecule has 0 radical (unpaired) electrons. The maximum atomic E-state index is 11.7. The average molecular weight is 343 g/mol. The van der Waals surface area contributed by atoms with Gasteiger partial charge in [0, 0.05) is 5.92 Å². The SMILES string of the molecule is CCCCCCCC[C@H](C=O)c1ccc2c(c1)C(C)(C)CCC2(C)C. The second kappa shape index (κ2) is 8.52. The summed E-state index contributed by atoms with van der Waals surface area (Å²) in [6.45, 7) is 11.7. The molecule has 1 nitrogen and oxygen atoms in total. The minimum atomic E-state index is 0.0670. The topological polar surface area (TPSA) is 17.1 Å². The van der Waals surface area contributed by atoms with Crippen LogP contribution in [0.1, 0.15) is 115 Å². The molecule has 0 aromatic heterocycles. The van der Waals surface area contributed by atoms with Gasteiger partial charge in [-0.05, 0) is 46.8 Å². The van der Waals surface area contributed by atoms with Crippen molar-refractivity contribution in [3.8, 4) is 0 Å². The molecular formula is C24H38O. The van der Waals surface area contributed by atoms with E-state index in [2.05, 4.69) is 52.8 Å². The van der Waals surface area contributed by atoms with Crippen molar-refractivity contribution in [2.24, 2.45) is 0 Å². The molecule has 1 aromatic carbocycles. The Kier molecular flexibility index (Phi) is 6.88. The quantitative estimate of drug-likeness (QED) is 0.346. The van der Waals surface area contributed by atoms with E-state index in [-0.39, 0.29) is 16.7 Å². The van der Waals surface area contributed by atoms with Crippen molar-refractivity contribution in [1.82, 2.24) is 0 Å². The van der Waals surface area contributed by atoms with Crippen molar-refractivity contribution in [2.75, 3.05) is 0 Å². The van der Waals surface area contributed by atoms with E-state index in [1.165, 1.54) is 74.3 Å². The molecule has 1 heteroatoms. The fourth-order valence-corrected chi connectivity index (χ4v) is 4.29. The summed E-state index contributed by atoms with van der Waals surface area (Å²) >= 11 is 0. The summed E-state index contributed by atoms with van der Waals surface area (Å²) in [6, 6.07) is 6.88. The molecule has 1 aliphatic carbocycles. The van der Waals surface area contributed by atoms with Crippen LogP contribution in [0.3, 0.4) is 0 Å². The molecular weight excluding hydrogens is 304 g/mol. The highest BCUT2D eigenvalue weighted by Crippen LogP contribution is 2.46. The van der Waals surface area contributed by atoms with Gasteiger partial charge >= 0.3 is 0 Å². The minimum absolute atomic E-state index is 0.0670. The Morgan fingerprint density at radius 2 is 1.52 bits per heavy atom. The standard InChI is InChI=1S/C24H38O/c1-6-7-8-9-10-11-12-20(18-25)19-13-14-21-22(17-19)24(4,5)16-15-23(21,2)3/h13-14,17-18,20H,6-12,15-16H2,1-5H3/t20-/m1/s1. The lowest BCUT2D eigenvalue weighted by molar-refractivity contribution is -0.109. The molecule has 0 N–H and O–H groups in total. The molecule has 0 saturated carbocycles. The normalized spacial score (nSPS) is 19.2. The molecule has 1 aromatic rings. The molecule has 0 fully saturated rings. The number of aldehydes is 1. The third-order valence-corrected chi connectivity index (χ3v) is 6.34. The Labute approximate surface area is 155 Å². The molecule has 0 bridgehead atoms. The summed E-state index contributed by atoms with van der Waals surface area (Å²) in [5.41, 5.74) is 4.65. The fourth-order valence-electron chi connectivity index (χ4n) is 4.29. The van der Waals surface area contributed by atoms with Gasteiger partial charge in [-0.15, -0.1) is 0 Å². The second-order valence-corrected chi connectivity index (χ2v) is 9.37. The van der Waals surface area contributed by atoms with Crippen molar-refractivity contribution >= 4 is 6.29 Å². The van der Waals surface area contributed by atoms with E-state index in [9.17, 15) is 4.79 Å². The van der Waals surface area contributed by atoms with E-state index in [0.29, 0.717) is 0 Å². The summed E-state index contributed by atoms with van der Waals surface area (Å²) in [5.74, 6) is 0.0670. The van der Waals surface area contributed by atoms with Crippen molar-refractivity contribution < 1.29 is 4.79 Å². The van der Waals surface area contributed by atoms with Crippen LogP contribution in [0.5, 0.6) is 0 Å². The van der Waals surface area contributed by atoms with Crippen LogP contribution in [0, 0.1) is 0 Å². The van der Waals surface area contributed by atoms with Gasteiger partial charge in [0.15, 0.2) is 0 Å². The van der Waals surface area contributed by atoms with Gasteiger partial charge in [0.05, 0.1) is 0 Å². The van der Waals surface area contributed by atoms with Gasteiger partial charge in [-0.1, -0.05) is 91.3 Å². The number of benzene rings is 1. The summed E-state index contributed by atoms with van der Waals surface area (Å²) in [6.07, 6.45) is 12.3. The highest BCUT2D eigenvalue weighted by molar-refractivity contribution is 5.63. The lowest BCUT2D eigenvalue weighted by atomic mass is 9.62. The van der Waals surface area contributed by atoms with E-state index in [1.54, 1.807) is 0 Å². The van der Waals surface area contributed by atoms with E-state index in [1.807, 2.05) is 0 Å². The van der Waals surface area contributed by atoms with Gasteiger partial charge in [-0.25, -0.2) is 0 Å². The molecule has 0 saturated heterocycles. The Morgan fingerprint density at radius 3 is 2.16 bits per heavy atom. The number of unbranched alkanes of at least 4 members (excludes halogenated alkanes) is 5. The van der Waals surface area contributed by atoms with Crippen LogP contribution in [0.4, 0.5) is 0 Å². The molecule has 0 spiro atoms. The number of hydrogen-bond acceptors (Lipinski definition) is 1. The maximum absolute atomic E-state index is 11.7. The van der Waals surface area contributed by atoms with E-state index >= 15 is 0 Å². The molecule has 1 atom stereocenters. The van der Waals surface area contributed by atoms with Crippen LogP contribution in [0.2, 0.25) is 0 Å². The lowest BCUT2D eigenvalue weighted by Gasteiger charge is -2.42. The zero-order valence-electron chi connectivity index (χ0n) is 17.2. The van der Waals surface area contributed by atoms with Crippen molar-refractivity contribution in [3.63, 3.8) is 0 Å². The summed E-state index contributed by atoms with van der Waals surface area (Å²) in [4.78, 5) is 11.7. The molecule has 0 unspecified atom stereocenters. The first kappa shape index (κ1) is 20.2. The highest BCUT2D eigenvalue weighted by Gasteiger charge is 2.37. The van der Waals surface area contributed by atoms with Crippen LogP contribution in [0.25, 0.3) is 0 Å². The zero-order chi connectivity index (χ0) is 18.5. The van der Waals surface area contributed by atoms with Crippen molar-refractivity contribution in [3.05, 3.63) is 34.9 Å². The van der Waals surface area contributed by atoms with Crippen LogP contribution in [0.15, 0.2) is 18.2 Å². The first-order valence-corrected chi connectivity index (χ1v) is 10.4. The first-order valence-electron chi connectivity index (χ1n) is 10.4. The number of hydrogen-bond donors (Lipinski definition) is 0. The first-order chi connectivity index (χ1) is 11.8. The van der Waals surface area contributed by atoms with Crippen molar-refractivity contribution in [2.45, 2.75) is 109 Å².